The Morgan fingerprint density at radius 3 is 2.50 bits per heavy atom. The zero-order chi connectivity index (χ0) is 24.1. The van der Waals surface area contributed by atoms with E-state index in [1.807, 2.05) is 0 Å². The number of aliphatic hydroxyl groups is 4. The van der Waals surface area contributed by atoms with Crippen molar-refractivity contribution in [2.75, 3.05) is 6.61 Å². The highest BCUT2D eigenvalue weighted by Gasteiger charge is 2.56. The van der Waals surface area contributed by atoms with E-state index in [0.29, 0.717) is 5.56 Å². The van der Waals surface area contributed by atoms with E-state index in [4.69, 9.17) is 14.6 Å². The fourth-order valence-electron chi connectivity index (χ4n) is 3.22. The first-order chi connectivity index (χ1) is 15.0. The van der Waals surface area contributed by atoms with Crippen molar-refractivity contribution in [1.29, 1.82) is 0 Å². The summed E-state index contributed by atoms with van der Waals surface area (Å²) >= 11 is 0. The van der Waals surface area contributed by atoms with Gasteiger partial charge in [-0.3, -0.25) is 14.9 Å². The molecule has 1 heterocycles. The number of benzene rings is 1. The van der Waals surface area contributed by atoms with E-state index in [0.717, 1.165) is 13.1 Å². The van der Waals surface area contributed by atoms with Gasteiger partial charge < -0.3 is 40.3 Å². The number of hydrogen-bond acceptors (Lipinski definition) is 10. The molecule has 0 bridgehead atoms. The lowest BCUT2D eigenvalue weighted by Crippen LogP contribution is -2.68. The summed E-state index contributed by atoms with van der Waals surface area (Å²) < 4.78 is 11.0. The minimum Gasteiger partial charge on any atom is -0.476 e. The number of aliphatic carboxylic acids is 1. The van der Waals surface area contributed by atoms with Gasteiger partial charge in [0.1, 0.15) is 24.1 Å². The molecule has 176 valence electrons. The van der Waals surface area contributed by atoms with Gasteiger partial charge >= 0.3 is 11.8 Å². The normalized spacial score (nSPS) is 27.5. The highest BCUT2D eigenvalue weighted by Crippen LogP contribution is 2.34. The molecular weight excluding hydrogens is 432 g/mol. The van der Waals surface area contributed by atoms with Gasteiger partial charge in [0.2, 0.25) is 12.1 Å². The number of carboxylic acid groups (broad SMARTS) is 1. The van der Waals surface area contributed by atoms with Gasteiger partial charge in [-0.25, -0.2) is 4.79 Å². The van der Waals surface area contributed by atoms with Crippen LogP contribution in [0.1, 0.15) is 18.9 Å². The smallest absolute Gasteiger partial charge is 0.377 e. The van der Waals surface area contributed by atoms with Crippen molar-refractivity contribution >= 4 is 18.0 Å². The molecule has 13 heteroatoms. The Bertz CT molecular complexity index is 859. The van der Waals surface area contributed by atoms with E-state index in [9.17, 15) is 40.1 Å². The van der Waals surface area contributed by atoms with Gasteiger partial charge in [-0.2, -0.15) is 0 Å². The predicted octanol–water partition coefficient (Wildman–Crippen LogP) is -1.54. The molecule has 2 rings (SSSR count). The van der Waals surface area contributed by atoms with Crippen LogP contribution in [-0.2, 0) is 14.3 Å². The zero-order valence-electron chi connectivity index (χ0n) is 16.9. The molecule has 13 nitrogen and oxygen atoms in total. The Morgan fingerprint density at radius 2 is 2.00 bits per heavy atom. The molecule has 0 unspecified atom stereocenters. The Morgan fingerprint density at radius 1 is 1.38 bits per heavy atom. The highest BCUT2D eigenvalue weighted by atomic mass is 16.7. The average Bonchev–Trinajstić information content (AvgIpc) is 2.73. The molecule has 6 N–H and O–H groups in total. The minimum atomic E-state index is -2.52. The van der Waals surface area contributed by atoms with Crippen LogP contribution < -0.4 is 10.1 Å². The van der Waals surface area contributed by atoms with Crippen molar-refractivity contribution in [2.45, 2.75) is 49.6 Å². The van der Waals surface area contributed by atoms with Gasteiger partial charge in [0.15, 0.2) is 0 Å². The fourth-order valence-corrected chi connectivity index (χ4v) is 3.22. The third kappa shape index (κ3) is 5.99. The lowest BCUT2D eigenvalue weighted by atomic mass is 9.88. The Kier molecular flexibility index (Phi) is 8.24. The lowest BCUT2D eigenvalue weighted by molar-refractivity contribution is -0.400. The van der Waals surface area contributed by atoms with Gasteiger partial charge in [-0.15, -0.1) is 0 Å². The number of carbonyl (C=O) groups excluding carboxylic acids is 1. The quantitative estimate of drug-likeness (QED) is 0.185. The van der Waals surface area contributed by atoms with E-state index in [1.165, 1.54) is 30.3 Å². The third-order valence-electron chi connectivity index (χ3n) is 4.74. The Labute approximate surface area is 181 Å². The van der Waals surface area contributed by atoms with Gasteiger partial charge in [0.05, 0.1) is 30.1 Å². The molecule has 1 amide bonds. The lowest BCUT2D eigenvalue weighted by Gasteiger charge is -2.46. The van der Waals surface area contributed by atoms with Gasteiger partial charge in [0, 0.05) is 13.0 Å². The van der Waals surface area contributed by atoms with Crippen molar-refractivity contribution in [3.8, 4) is 5.75 Å². The van der Waals surface area contributed by atoms with E-state index in [1.54, 1.807) is 0 Å². The number of carboxylic acids is 1. The maximum absolute atomic E-state index is 12.1. The first-order valence-corrected chi connectivity index (χ1v) is 9.43. The largest absolute Gasteiger partial charge is 0.476 e. The predicted molar refractivity (Wildman–Crippen MR) is 106 cm³/mol. The molecule has 0 aromatic heterocycles. The molecule has 1 aromatic carbocycles. The van der Waals surface area contributed by atoms with Crippen molar-refractivity contribution in [3.63, 3.8) is 0 Å². The molecule has 0 spiro atoms. The molecule has 0 radical (unpaired) electrons. The zero-order valence-corrected chi connectivity index (χ0v) is 16.9. The summed E-state index contributed by atoms with van der Waals surface area (Å²) in [4.78, 5) is 33.3. The molecule has 1 saturated heterocycles. The number of amides is 1. The van der Waals surface area contributed by atoms with Crippen LogP contribution >= 0.6 is 0 Å². The second-order valence-electron chi connectivity index (χ2n) is 7.15. The van der Waals surface area contributed by atoms with Gasteiger partial charge in [0.25, 0.3) is 0 Å². The Hall–Kier alpha value is -3.10. The monoisotopic (exact) mass is 456 g/mol. The van der Waals surface area contributed by atoms with E-state index in [2.05, 4.69) is 5.32 Å². The molecule has 1 aliphatic rings. The Balaban J connectivity index is 2.36. The van der Waals surface area contributed by atoms with Crippen LogP contribution in [0.2, 0.25) is 0 Å². The van der Waals surface area contributed by atoms with Gasteiger partial charge in [-0.1, -0.05) is 12.1 Å². The van der Waals surface area contributed by atoms with Crippen molar-refractivity contribution in [2.24, 2.45) is 0 Å². The summed E-state index contributed by atoms with van der Waals surface area (Å²) in [6.45, 7) is 0.229. The number of ether oxygens (including phenoxy) is 2. The first-order valence-electron chi connectivity index (χ1n) is 9.43. The second-order valence-corrected chi connectivity index (χ2v) is 7.15. The maximum Gasteiger partial charge on any atom is 0.377 e. The summed E-state index contributed by atoms with van der Waals surface area (Å²) in [5.41, 5.74) is 0.424. The van der Waals surface area contributed by atoms with Crippen molar-refractivity contribution in [3.05, 3.63) is 46.1 Å². The van der Waals surface area contributed by atoms with E-state index in [-0.39, 0.29) is 5.75 Å². The van der Waals surface area contributed by atoms with Gasteiger partial charge in [-0.05, 0) is 17.7 Å². The maximum atomic E-state index is 12.1. The van der Waals surface area contributed by atoms with Crippen LogP contribution in [0.5, 0.6) is 5.75 Å². The average molecular weight is 456 g/mol. The van der Waals surface area contributed by atoms with E-state index >= 15 is 0 Å². The SMILES string of the molecule is CC(=O)N[C@H]1[C@H]([C@H](O)[C@H](O)CO)O[C@](Oc2ccc(C=C[N+](=O)[O-])cc2)(C(=O)O)C[C@@H]1O. The summed E-state index contributed by atoms with van der Waals surface area (Å²) in [5, 5.41) is 62.4. The van der Waals surface area contributed by atoms with Crippen molar-refractivity contribution in [1.82, 2.24) is 5.32 Å². The number of nitrogens with zero attached hydrogens (tertiary/aromatic N) is 1. The third-order valence-corrected chi connectivity index (χ3v) is 4.74. The van der Waals surface area contributed by atoms with Crippen LogP contribution in [0.15, 0.2) is 30.5 Å². The summed E-state index contributed by atoms with van der Waals surface area (Å²) in [7, 11) is 0. The molecule has 1 aromatic rings. The molecule has 1 fully saturated rings. The summed E-state index contributed by atoms with van der Waals surface area (Å²) in [6, 6.07) is 4.13. The minimum absolute atomic E-state index is 0.0354. The summed E-state index contributed by atoms with van der Waals surface area (Å²) in [5.74, 6) is -4.83. The molecule has 1 aliphatic heterocycles. The highest BCUT2D eigenvalue weighted by molar-refractivity contribution is 5.77. The number of rotatable bonds is 9. The molecule has 0 aliphatic carbocycles. The van der Waals surface area contributed by atoms with Crippen LogP contribution in [0.4, 0.5) is 0 Å². The first kappa shape index (κ1) is 25.2. The standard InChI is InChI=1S/C19H24N2O11/c1-10(23)20-15-13(24)8-19(18(27)28,32-17(15)16(26)14(25)9-22)31-12-4-2-11(3-5-12)6-7-21(29)30/h2-7,13-17,22,24-26H,8-9H2,1H3,(H,20,23)(H,27,28)/t13-,14+,15+,16+,17+,19-/m0/s1. The number of carbonyl (C=O) groups is 2. The van der Waals surface area contributed by atoms with Crippen LogP contribution in [0.25, 0.3) is 6.08 Å². The van der Waals surface area contributed by atoms with Crippen LogP contribution in [0, 0.1) is 10.1 Å². The molecule has 0 saturated carbocycles. The molecule has 32 heavy (non-hydrogen) atoms. The topological polar surface area (TPSA) is 209 Å². The van der Waals surface area contributed by atoms with Crippen LogP contribution in [0.3, 0.4) is 0 Å². The number of aliphatic hydroxyl groups excluding tert-OH is 4. The second kappa shape index (κ2) is 10.5. The molecular formula is C19H24N2O11. The number of nitro groups is 1. The fraction of sp³-hybridized carbons (Fsp3) is 0.474. The van der Waals surface area contributed by atoms with E-state index < -0.39 is 66.1 Å². The number of hydrogen-bond donors (Lipinski definition) is 6. The molecule has 6 atom stereocenters. The van der Waals surface area contributed by atoms with Crippen molar-refractivity contribution < 1.29 is 49.5 Å². The number of nitrogens with one attached hydrogen (secondary N) is 1. The summed E-state index contributed by atoms with van der Waals surface area (Å²) in [6.07, 6.45) is -5.62. The van der Waals surface area contributed by atoms with Crippen LogP contribution in [-0.4, -0.2) is 85.2 Å².